The normalized spacial score (nSPS) is 11.6. The molecule has 7 nitrogen and oxygen atoms in total. The largest absolute Gasteiger partial charge is 0.489 e. The fourth-order valence-electron chi connectivity index (χ4n) is 3.40. The summed E-state index contributed by atoms with van der Waals surface area (Å²) in [6.45, 7) is 1.82. The van der Waals surface area contributed by atoms with Crippen LogP contribution in [0.5, 0.6) is 11.5 Å². The Morgan fingerprint density at radius 1 is 1.00 bits per heavy atom. The number of benzene rings is 3. The summed E-state index contributed by atoms with van der Waals surface area (Å²) in [5.74, 6) is 0.988. The first kappa shape index (κ1) is 21.5. The highest BCUT2D eigenvalue weighted by Crippen LogP contribution is 2.28. The van der Waals surface area contributed by atoms with E-state index in [1.165, 1.54) is 22.8 Å². The van der Waals surface area contributed by atoms with Crippen LogP contribution in [0.25, 0.3) is 22.4 Å². The molecule has 0 atom stereocenters. The second-order valence-corrected chi connectivity index (χ2v) is 8.49. The van der Waals surface area contributed by atoms with Crippen molar-refractivity contribution in [3.8, 4) is 22.9 Å². The molecule has 0 saturated carbocycles. The summed E-state index contributed by atoms with van der Waals surface area (Å²) >= 11 is 1.25. The van der Waals surface area contributed by atoms with E-state index in [1.54, 1.807) is 30.3 Å². The molecule has 2 aromatic heterocycles. The lowest BCUT2D eigenvalue weighted by molar-refractivity contribution is -0.131. The SMILES string of the molecule is CC(=O)Oc1ccccc1-c1nc2s/c(=C/c3ccc(OCc4ccccc4)cc3)c(=O)n2n1. The maximum atomic E-state index is 12.9. The van der Waals surface area contributed by atoms with Crippen molar-refractivity contribution in [2.75, 3.05) is 0 Å². The van der Waals surface area contributed by atoms with Crippen LogP contribution in [-0.4, -0.2) is 20.6 Å². The zero-order chi connectivity index (χ0) is 23.5. The van der Waals surface area contributed by atoms with Crippen molar-refractivity contribution < 1.29 is 14.3 Å². The number of nitrogens with zero attached hydrogens (tertiary/aromatic N) is 3. The molecule has 0 unspecified atom stereocenters. The van der Waals surface area contributed by atoms with Gasteiger partial charge in [0.1, 0.15) is 18.1 Å². The van der Waals surface area contributed by atoms with Crippen LogP contribution in [0.1, 0.15) is 18.1 Å². The van der Waals surface area contributed by atoms with Crippen molar-refractivity contribution in [2.45, 2.75) is 13.5 Å². The second-order valence-electron chi connectivity index (χ2n) is 7.48. The van der Waals surface area contributed by atoms with Gasteiger partial charge in [0, 0.05) is 6.92 Å². The number of carbonyl (C=O) groups is 1. The molecule has 34 heavy (non-hydrogen) atoms. The Kier molecular flexibility index (Phi) is 5.88. The molecule has 0 aliphatic carbocycles. The summed E-state index contributed by atoms with van der Waals surface area (Å²) < 4.78 is 12.8. The van der Waals surface area contributed by atoms with Gasteiger partial charge in [0.2, 0.25) is 4.96 Å². The smallest absolute Gasteiger partial charge is 0.308 e. The van der Waals surface area contributed by atoms with Crippen molar-refractivity contribution in [3.05, 3.63) is 105 Å². The van der Waals surface area contributed by atoms with Crippen molar-refractivity contribution in [3.63, 3.8) is 0 Å². The fraction of sp³-hybridized carbons (Fsp3) is 0.0769. The molecule has 2 heterocycles. The Balaban J connectivity index is 1.38. The molecule has 168 valence electrons. The van der Waals surface area contributed by atoms with Gasteiger partial charge in [0.05, 0.1) is 10.1 Å². The summed E-state index contributed by atoms with van der Waals surface area (Å²) in [7, 11) is 0. The molecular weight excluding hydrogens is 450 g/mol. The van der Waals surface area contributed by atoms with Gasteiger partial charge >= 0.3 is 5.97 Å². The van der Waals surface area contributed by atoms with Gasteiger partial charge in [0.15, 0.2) is 5.82 Å². The minimum Gasteiger partial charge on any atom is -0.489 e. The van der Waals surface area contributed by atoms with Crippen molar-refractivity contribution in [1.82, 2.24) is 14.6 Å². The second kappa shape index (κ2) is 9.29. The van der Waals surface area contributed by atoms with Crippen molar-refractivity contribution in [1.29, 1.82) is 0 Å². The number of hydrogen-bond acceptors (Lipinski definition) is 7. The standard InChI is InChI=1S/C26H19N3O4S/c1-17(30)33-22-10-6-5-9-21(22)24-27-26-29(28-24)25(31)23(34-26)15-18-11-13-20(14-12-18)32-16-19-7-3-2-4-8-19/h2-15H,16H2,1H3/b23-15+. The van der Waals surface area contributed by atoms with Crippen LogP contribution >= 0.6 is 11.3 Å². The predicted octanol–water partition coefficient (Wildman–Crippen LogP) is 3.87. The van der Waals surface area contributed by atoms with E-state index in [1.807, 2.05) is 54.6 Å². The number of aromatic nitrogens is 3. The van der Waals surface area contributed by atoms with Crippen LogP contribution in [0.3, 0.4) is 0 Å². The third-order valence-corrected chi connectivity index (χ3v) is 5.95. The quantitative estimate of drug-likeness (QED) is 0.277. The number of carbonyl (C=O) groups excluding carboxylic acids is 1. The minimum absolute atomic E-state index is 0.256. The topological polar surface area (TPSA) is 82.8 Å². The Labute approximate surface area is 198 Å². The number of rotatable bonds is 6. The maximum Gasteiger partial charge on any atom is 0.308 e. The van der Waals surface area contributed by atoms with Crippen LogP contribution in [0.4, 0.5) is 0 Å². The molecule has 0 spiro atoms. The minimum atomic E-state index is -0.439. The Bertz CT molecular complexity index is 1570. The Hall–Kier alpha value is -4.30. The van der Waals surface area contributed by atoms with Crippen LogP contribution < -0.4 is 19.6 Å². The highest BCUT2D eigenvalue weighted by atomic mass is 32.1. The first-order chi connectivity index (χ1) is 16.6. The molecule has 0 amide bonds. The van der Waals surface area contributed by atoms with Crippen LogP contribution in [0.2, 0.25) is 0 Å². The van der Waals surface area contributed by atoms with Gasteiger partial charge in [-0.1, -0.05) is 65.9 Å². The molecule has 0 radical (unpaired) electrons. The van der Waals surface area contributed by atoms with E-state index in [0.29, 0.717) is 33.2 Å². The summed E-state index contributed by atoms with van der Waals surface area (Å²) in [6.07, 6.45) is 1.80. The summed E-state index contributed by atoms with van der Waals surface area (Å²) in [5, 5.41) is 4.35. The van der Waals surface area contributed by atoms with E-state index in [2.05, 4.69) is 10.1 Å². The van der Waals surface area contributed by atoms with E-state index >= 15 is 0 Å². The zero-order valence-corrected chi connectivity index (χ0v) is 19.0. The zero-order valence-electron chi connectivity index (χ0n) is 18.2. The highest BCUT2D eigenvalue weighted by molar-refractivity contribution is 7.15. The molecule has 5 aromatic rings. The molecule has 0 aliphatic rings. The lowest BCUT2D eigenvalue weighted by atomic mass is 10.2. The number of ether oxygens (including phenoxy) is 2. The highest BCUT2D eigenvalue weighted by Gasteiger charge is 2.16. The first-order valence-corrected chi connectivity index (χ1v) is 11.3. The average molecular weight is 470 g/mol. The lowest BCUT2D eigenvalue weighted by Crippen LogP contribution is -2.23. The van der Waals surface area contributed by atoms with E-state index in [9.17, 15) is 9.59 Å². The van der Waals surface area contributed by atoms with Gasteiger partial charge < -0.3 is 9.47 Å². The molecule has 0 fully saturated rings. The summed E-state index contributed by atoms with van der Waals surface area (Å²) in [5.41, 5.74) is 2.25. The number of thiazole rings is 1. The van der Waals surface area contributed by atoms with E-state index < -0.39 is 5.97 Å². The monoisotopic (exact) mass is 469 g/mol. The third kappa shape index (κ3) is 4.57. The molecular formula is C26H19N3O4S. The van der Waals surface area contributed by atoms with Gasteiger partial charge in [-0.05, 0) is 41.5 Å². The van der Waals surface area contributed by atoms with Crippen LogP contribution in [-0.2, 0) is 11.4 Å². The lowest BCUT2D eigenvalue weighted by Gasteiger charge is -2.06. The van der Waals surface area contributed by atoms with E-state index in [4.69, 9.17) is 9.47 Å². The summed E-state index contributed by atoms with van der Waals surface area (Å²) in [4.78, 5) is 29.2. The van der Waals surface area contributed by atoms with E-state index in [0.717, 1.165) is 16.9 Å². The average Bonchev–Trinajstić information content (AvgIpc) is 3.38. The van der Waals surface area contributed by atoms with Crippen LogP contribution in [0.15, 0.2) is 83.7 Å². The number of esters is 1. The molecule has 0 bridgehead atoms. The predicted molar refractivity (Wildman–Crippen MR) is 130 cm³/mol. The van der Waals surface area contributed by atoms with Gasteiger partial charge in [0.25, 0.3) is 5.56 Å². The van der Waals surface area contributed by atoms with Gasteiger partial charge in [-0.25, -0.2) is 0 Å². The van der Waals surface area contributed by atoms with Gasteiger partial charge in [-0.15, -0.1) is 5.10 Å². The van der Waals surface area contributed by atoms with Crippen molar-refractivity contribution in [2.24, 2.45) is 0 Å². The molecule has 3 aromatic carbocycles. The first-order valence-electron chi connectivity index (χ1n) is 10.5. The fourth-order valence-corrected chi connectivity index (χ4v) is 4.30. The number of hydrogen-bond donors (Lipinski definition) is 0. The Morgan fingerprint density at radius 3 is 2.47 bits per heavy atom. The third-order valence-electron chi connectivity index (χ3n) is 4.99. The van der Waals surface area contributed by atoms with Crippen LogP contribution in [0, 0.1) is 0 Å². The summed E-state index contributed by atoms with van der Waals surface area (Å²) in [6, 6.07) is 24.5. The molecule has 0 aliphatic heterocycles. The molecule has 5 rings (SSSR count). The van der Waals surface area contributed by atoms with Gasteiger partial charge in [-0.2, -0.15) is 9.50 Å². The van der Waals surface area contributed by atoms with Gasteiger partial charge in [-0.3, -0.25) is 9.59 Å². The molecule has 0 N–H and O–H groups in total. The number of para-hydroxylation sites is 1. The molecule has 0 saturated heterocycles. The Morgan fingerprint density at radius 2 is 1.74 bits per heavy atom. The molecule has 8 heteroatoms. The van der Waals surface area contributed by atoms with E-state index in [-0.39, 0.29) is 5.56 Å². The maximum absolute atomic E-state index is 12.9. The number of fused-ring (bicyclic) bond motifs is 1. The van der Waals surface area contributed by atoms with Crippen molar-refractivity contribution >= 4 is 28.3 Å².